The predicted octanol–water partition coefficient (Wildman–Crippen LogP) is 2.41. The van der Waals surface area contributed by atoms with E-state index in [9.17, 15) is 14.7 Å². The summed E-state index contributed by atoms with van der Waals surface area (Å²) in [6.07, 6.45) is 0.0831. The van der Waals surface area contributed by atoms with E-state index in [1.165, 1.54) is 5.56 Å². The molecule has 1 saturated heterocycles. The van der Waals surface area contributed by atoms with Crippen molar-refractivity contribution in [2.75, 3.05) is 45.8 Å². The third-order valence-corrected chi connectivity index (χ3v) is 5.74. The summed E-state index contributed by atoms with van der Waals surface area (Å²) in [4.78, 5) is 29.8. The Bertz CT molecular complexity index is 831. The molecular formula is C24H31N3O4. The minimum absolute atomic E-state index is 0.0831. The van der Waals surface area contributed by atoms with E-state index in [4.69, 9.17) is 5.11 Å². The number of nitrogens with zero attached hydrogens (tertiary/aromatic N) is 3. The van der Waals surface area contributed by atoms with E-state index in [1.54, 1.807) is 0 Å². The van der Waals surface area contributed by atoms with E-state index < -0.39 is 18.0 Å². The highest BCUT2D eigenvalue weighted by molar-refractivity contribution is 5.75. The maximum Gasteiger partial charge on any atom is 0.325 e. The Labute approximate surface area is 183 Å². The lowest BCUT2D eigenvalue weighted by Gasteiger charge is -2.31. The highest BCUT2D eigenvalue weighted by Crippen LogP contribution is 2.22. The molecule has 3 rings (SSSR count). The third kappa shape index (κ3) is 7.17. The van der Waals surface area contributed by atoms with E-state index in [1.807, 2.05) is 53.4 Å². The molecule has 2 N–H and O–H groups in total. The van der Waals surface area contributed by atoms with Crippen LogP contribution in [-0.2, 0) is 16.1 Å². The van der Waals surface area contributed by atoms with Crippen LogP contribution in [-0.4, -0.2) is 82.7 Å². The molecule has 0 saturated carbocycles. The topological polar surface area (TPSA) is 84.3 Å². The molecule has 2 aromatic carbocycles. The van der Waals surface area contributed by atoms with Gasteiger partial charge in [-0.15, -0.1) is 0 Å². The Morgan fingerprint density at radius 2 is 1.32 bits per heavy atom. The van der Waals surface area contributed by atoms with Crippen LogP contribution in [0.4, 0.5) is 0 Å². The minimum Gasteiger partial charge on any atom is -0.481 e. The first-order valence-corrected chi connectivity index (χ1v) is 10.7. The van der Waals surface area contributed by atoms with Gasteiger partial charge in [0.15, 0.2) is 0 Å². The van der Waals surface area contributed by atoms with Crippen LogP contribution in [0.25, 0.3) is 0 Å². The summed E-state index contributed by atoms with van der Waals surface area (Å²) < 4.78 is 0. The van der Waals surface area contributed by atoms with Crippen LogP contribution < -0.4 is 0 Å². The molecule has 7 heteroatoms. The van der Waals surface area contributed by atoms with Crippen molar-refractivity contribution in [3.8, 4) is 0 Å². The van der Waals surface area contributed by atoms with E-state index in [0.717, 1.165) is 31.7 Å². The number of rotatable bonds is 8. The summed E-state index contributed by atoms with van der Waals surface area (Å²) in [6.45, 7) is 5.41. The molecule has 0 bridgehead atoms. The lowest BCUT2D eigenvalue weighted by Crippen LogP contribution is -2.41. The fourth-order valence-corrected chi connectivity index (χ4v) is 4.04. The number of hydrogen-bond acceptors (Lipinski definition) is 5. The van der Waals surface area contributed by atoms with Gasteiger partial charge in [-0.3, -0.25) is 19.4 Å². The lowest BCUT2D eigenvalue weighted by atomic mass is 10.1. The number of carboxylic acids is 2. The van der Waals surface area contributed by atoms with Gasteiger partial charge >= 0.3 is 11.9 Å². The van der Waals surface area contributed by atoms with Crippen LogP contribution in [0.5, 0.6) is 0 Å². The zero-order valence-electron chi connectivity index (χ0n) is 17.8. The second-order valence-corrected chi connectivity index (χ2v) is 7.93. The zero-order chi connectivity index (χ0) is 22.1. The molecule has 1 atom stereocenters. The van der Waals surface area contributed by atoms with E-state index in [0.29, 0.717) is 26.2 Å². The third-order valence-electron chi connectivity index (χ3n) is 5.74. The fraction of sp³-hybridized carbons (Fsp3) is 0.417. The Balaban J connectivity index is 1.79. The van der Waals surface area contributed by atoms with Gasteiger partial charge in [-0.25, -0.2) is 0 Å². The molecule has 1 unspecified atom stereocenters. The second kappa shape index (κ2) is 11.6. The Hall–Kier alpha value is -2.74. The van der Waals surface area contributed by atoms with Gasteiger partial charge in [0.25, 0.3) is 0 Å². The van der Waals surface area contributed by atoms with Crippen molar-refractivity contribution in [2.24, 2.45) is 0 Å². The fourth-order valence-electron chi connectivity index (χ4n) is 4.04. The van der Waals surface area contributed by atoms with E-state index in [2.05, 4.69) is 21.9 Å². The summed E-state index contributed by atoms with van der Waals surface area (Å²) >= 11 is 0. The van der Waals surface area contributed by atoms with Crippen LogP contribution in [0.1, 0.15) is 23.6 Å². The quantitative estimate of drug-likeness (QED) is 0.672. The first-order valence-electron chi connectivity index (χ1n) is 10.7. The smallest absolute Gasteiger partial charge is 0.325 e. The van der Waals surface area contributed by atoms with Crippen LogP contribution in [0.3, 0.4) is 0 Å². The van der Waals surface area contributed by atoms with Gasteiger partial charge in [-0.2, -0.15) is 0 Å². The summed E-state index contributed by atoms with van der Waals surface area (Å²) in [7, 11) is 0. The lowest BCUT2D eigenvalue weighted by molar-refractivity contribution is -0.143. The molecule has 0 amide bonds. The first-order chi connectivity index (χ1) is 15.0. The highest BCUT2D eigenvalue weighted by atomic mass is 16.4. The van der Waals surface area contributed by atoms with Crippen molar-refractivity contribution in [3.05, 3.63) is 71.8 Å². The summed E-state index contributed by atoms with van der Waals surface area (Å²) in [5.74, 6) is -1.68. The van der Waals surface area contributed by atoms with Gasteiger partial charge in [0.2, 0.25) is 0 Å². The van der Waals surface area contributed by atoms with Crippen molar-refractivity contribution in [1.82, 2.24) is 14.7 Å². The molecule has 31 heavy (non-hydrogen) atoms. The zero-order valence-corrected chi connectivity index (χ0v) is 17.8. The molecule has 7 nitrogen and oxygen atoms in total. The van der Waals surface area contributed by atoms with Crippen LogP contribution in [0.2, 0.25) is 0 Å². The molecule has 1 aliphatic rings. The summed E-state index contributed by atoms with van der Waals surface area (Å²) in [5, 5.41) is 19.1. The van der Waals surface area contributed by atoms with Gasteiger partial charge in [0.1, 0.15) is 6.04 Å². The molecule has 166 valence electrons. The Morgan fingerprint density at radius 1 is 0.774 bits per heavy atom. The van der Waals surface area contributed by atoms with Crippen molar-refractivity contribution in [1.29, 1.82) is 0 Å². The normalized spacial score (nSPS) is 17.9. The molecule has 0 radical (unpaired) electrons. The Kier molecular flexibility index (Phi) is 8.58. The molecule has 2 aromatic rings. The molecule has 1 heterocycles. The van der Waals surface area contributed by atoms with Gasteiger partial charge in [0.05, 0.1) is 6.42 Å². The van der Waals surface area contributed by atoms with E-state index >= 15 is 0 Å². The first kappa shape index (κ1) is 22.9. The standard InChI is InChI=1S/C24H31N3O4/c28-22(29)11-12-25-13-14-26(19-20-7-3-1-4-8-20)16-18-27(17-15-25)23(24(30)31)21-9-5-2-6-10-21/h1-10,23H,11-19H2,(H,28,29)(H,30,31). The van der Waals surface area contributed by atoms with Gasteiger partial charge in [-0.05, 0) is 11.1 Å². The number of hydrogen-bond donors (Lipinski definition) is 2. The Morgan fingerprint density at radius 3 is 1.94 bits per heavy atom. The maximum absolute atomic E-state index is 12.2. The van der Waals surface area contributed by atoms with Crippen molar-refractivity contribution in [2.45, 2.75) is 19.0 Å². The monoisotopic (exact) mass is 425 g/mol. The molecule has 0 aromatic heterocycles. The van der Waals surface area contributed by atoms with Gasteiger partial charge in [0, 0.05) is 52.4 Å². The largest absolute Gasteiger partial charge is 0.481 e. The van der Waals surface area contributed by atoms with Crippen LogP contribution >= 0.6 is 0 Å². The number of carboxylic acid groups (broad SMARTS) is 2. The van der Waals surface area contributed by atoms with E-state index in [-0.39, 0.29) is 6.42 Å². The van der Waals surface area contributed by atoms with Gasteiger partial charge < -0.3 is 15.1 Å². The predicted molar refractivity (Wildman–Crippen MR) is 119 cm³/mol. The molecule has 0 spiro atoms. The van der Waals surface area contributed by atoms with Gasteiger partial charge in [-0.1, -0.05) is 60.7 Å². The van der Waals surface area contributed by atoms with Crippen LogP contribution in [0.15, 0.2) is 60.7 Å². The number of benzene rings is 2. The minimum atomic E-state index is -0.864. The van der Waals surface area contributed by atoms with Crippen molar-refractivity contribution in [3.63, 3.8) is 0 Å². The summed E-state index contributed by atoms with van der Waals surface area (Å²) in [6, 6.07) is 18.8. The SMILES string of the molecule is O=C(O)CCN1CCN(Cc2ccccc2)CCN(C(C(=O)O)c2ccccc2)CC1. The highest BCUT2D eigenvalue weighted by Gasteiger charge is 2.29. The second-order valence-electron chi connectivity index (χ2n) is 7.93. The number of carbonyl (C=O) groups is 2. The average Bonchev–Trinajstić information content (AvgIpc) is 2.85. The maximum atomic E-state index is 12.2. The summed E-state index contributed by atoms with van der Waals surface area (Å²) in [5.41, 5.74) is 1.98. The molecule has 1 aliphatic heterocycles. The van der Waals surface area contributed by atoms with Crippen LogP contribution in [0, 0.1) is 0 Å². The molecule has 0 aliphatic carbocycles. The molecule has 1 fully saturated rings. The van der Waals surface area contributed by atoms with Crippen molar-refractivity contribution < 1.29 is 19.8 Å². The number of aliphatic carboxylic acids is 2. The molecular weight excluding hydrogens is 394 g/mol. The average molecular weight is 426 g/mol. The van der Waals surface area contributed by atoms with Crippen molar-refractivity contribution >= 4 is 11.9 Å².